The van der Waals surface area contributed by atoms with Crippen LogP contribution in [0.1, 0.15) is 37.4 Å². The van der Waals surface area contributed by atoms with Gasteiger partial charge >= 0.3 is 0 Å². The minimum atomic E-state index is -0.458. The van der Waals surface area contributed by atoms with Gasteiger partial charge in [-0.25, -0.2) is 0 Å². The molecule has 2 heterocycles. The Hall–Kier alpha value is -1.26. The van der Waals surface area contributed by atoms with Crippen LogP contribution in [0.15, 0.2) is 18.2 Å². The van der Waals surface area contributed by atoms with E-state index in [0.29, 0.717) is 19.3 Å². The predicted octanol–water partition coefficient (Wildman–Crippen LogP) is 2.45. The number of benzene rings is 1. The van der Waals surface area contributed by atoms with E-state index < -0.39 is 6.10 Å². The van der Waals surface area contributed by atoms with Gasteiger partial charge in [-0.1, -0.05) is 6.07 Å². The summed E-state index contributed by atoms with van der Waals surface area (Å²) >= 11 is 0. The Kier molecular flexibility index (Phi) is 3.89. The Labute approximate surface area is 113 Å². The summed E-state index contributed by atoms with van der Waals surface area (Å²) in [6, 6.07) is 5.67. The Morgan fingerprint density at radius 2 is 2.00 bits per heavy atom. The monoisotopic (exact) mass is 264 g/mol. The summed E-state index contributed by atoms with van der Waals surface area (Å²) in [5, 5.41) is 10.2. The summed E-state index contributed by atoms with van der Waals surface area (Å²) in [4.78, 5) is 0. The molecule has 0 amide bonds. The first-order valence-electron chi connectivity index (χ1n) is 7.02. The molecule has 104 valence electrons. The van der Waals surface area contributed by atoms with E-state index in [1.54, 1.807) is 0 Å². The molecule has 1 fully saturated rings. The smallest absolute Gasteiger partial charge is 0.161 e. The molecule has 1 N–H and O–H groups in total. The van der Waals surface area contributed by atoms with Crippen molar-refractivity contribution in [2.45, 2.75) is 37.9 Å². The standard InChI is InChI=1S/C15H20O4/c16-13(5-4-12-2-1-7-17-12)11-3-6-14-15(10-11)19-9-8-18-14/h3,6,10,12-13,16H,1-2,4-5,7-9H2. The summed E-state index contributed by atoms with van der Waals surface area (Å²) in [5.41, 5.74) is 0.891. The summed E-state index contributed by atoms with van der Waals surface area (Å²) in [5.74, 6) is 1.50. The molecule has 2 aliphatic heterocycles. The molecule has 1 saturated heterocycles. The molecule has 4 heteroatoms. The largest absolute Gasteiger partial charge is 0.486 e. The molecule has 0 saturated carbocycles. The maximum Gasteiger partial charge on any atom is 0.161 e. The van der Waals surface area contributed by atoms with Gasteiger partial charge in [0.15, 0.2) is 11.5 Å². The molecule has 3 rings (SSSR count). The number of ether oxygens (including phenoxy) is 3. The summed E-state index contributed by atoms with van der Waals surface area (Å²) in [6.45, 7) is 2.03. The normalized spacial score (nSPS) is 23.3. The fourth-order valence-corrected chi connectivity index (χ4v) is 2.65. The van der Waals surface area contributed by atoms with Crippen molar-refractivity contribution in [2.24, 2.45) is 0 Å². The number of aliphatic hydroxyl groups is 1. The average Bonchev–Trinajstić information content (AvgIpc) is 2.97. The van der Waals surface area contributed by atoms with Crippen LogP contribution in [-0.2, 0) is 4.74 Å². The van der Waals surface area contributed by atoms with Crippen molar-refractivity contribution in [3.8, 4) is 11.5 Å². The number of aliphatic hydroxyl groups excluding tert-OH is 1. The van der Waals surface area contributed by atoms with Gasteiger partial charge in [0, 0.05) is 6.61 Å². The summed E-state index contributed by atoms with van der Waals surface area (Å²) in [7, 11) is 0. The van der Waals surface area contributed by atoms with Crippen molar-refractivity contribution in [1.82, 2.24) is 0 Å². The third-order valence-corrected chi connectivity index (χ3v) is 3.74. The molecule has 2 unspecified atom stereocenters. The van der Waals surface area contributed by atoms with E-state index in [1.165, 1.54) is 0 Å². The lowest BCUT2D eigenvalue weighted by atomic mass is 10.0. The highest BCUT2D eigenvalue weighted by molar-refractivity contribution is 5.44. The van der Waals surface area contributed by atoms with E-state index in [2.05, 4.69) is 0 Å². The van der Waals surface area contributed by atoms with Crippen LogP contribution in [0.2, 0.25) is 0 Å². The highest BCUT2D eigenvalue weighted by atomic mass is 16.6. The topological polar surface area (TPSA) is 47.9 Å². The van der Waals surface area contributed by atoms with Crippen molar-refractivity contribution in [3.05, 3.63) is 23.8 Å². The highest BCUT2D eigenvalue weighted by Gasteiger charge is 2.19. The van der Waals surface area contributed by atoms with Crippen LogP contribution in [0.5, 0.6) is 11.5 Å². The van der Waals surface area contributed by atoms with Crippen LogP contribution < -0.4 is 9.47 Å². The first-order chi connectivity index (χ1) is 9.33. The molecule has 0 spiro atoms. The van der Waals surface area contributed by atoms with Gasteiger partial charge in [-0.2, -0.15) is 0 Å². The second-order valence-electron chi connectivity index (χ2n) is 5.13. The van der Waals surface area contributed by atoms with Crippen LogP contribution in [0.3, 0.4) is 0 Å². The lowest BCUT2D eigenvalue weighted by molar-refractivity contribution is 0.0810. The van der Waals surface area contributed by atoms with E-state index in [9.17, 15) is 5.11 Å². The first kappa shape index (κ1) is 12.8. The molecular weight excluding hydrogens is 244 g/mol. The second-order valence-corrected chi connectivity index (χ2v) is 5.13. The van der Waals surface area contributed by atoms with Gasteiger partial charge < -0.3 is 19.3 Å². The van der Waals surface area contributed by atoms with Crippen LogP contribution in [0.4, 0.5) is 0 Å². The third-order valence-electron chi connectivity index (χ3n) is 3.74. The van der Waals surface area contributed by atoms with Gasteiger partial charge in [0.25, 0.3) is 0 Å². The molecule has 2 aliphatic rings. The molecule has 0 bridgehead atoms. The number of hydrogen-bond donors (Lipinski definition) is 1. The van der Waals surface area contributed by atoms with E-state index >= 15 is 0 Å². The van der Waals surface area contributed by atoms with Gasteiger partial charge in [-0.15, -0.1) is 0 Å². The zero-order valence-corrected chi connectivity index (χ0v) is 11.0. The fraction of sp³-hybridized carbons (Fsp3) is 0.600. The van der Waals surface area contributed by atoms with Crippen molar-refractivity contribution in [1.29, 1.82) is 0 Å². The lowest BCUT2D eigenvalue weighted by Gasteiger charge is -2.20. The zero-order valence-electron chi connectivity index (χ0n) is 11.0. The van der Waals surface area contributed by atoms with E-state index in [4.69, 9.17) is 14.2 Å². The lowest BCUT2D eigenvalue weighted by Crippen LogP contribution is -2.15. The molecule has 0 aliphatic carbocycles. The molecule has 1 aromatic rings. The molecule has 1 aromatic carbocycles. The molecule has 4 nitrogen and oxygen atoms in total. The third kappa shape index (κ3) is 3.01. The van der Waals surface area contributed by atoms with Crippen molar-refractivity contribution < 1.29 is 19.3 Å². The number of fused-ring (bicyclic) bond motifs is 1. The van der Waals surface area contributed by atoms with Crippen molar-refractivity contribution >= 4 is 0 Å². The molecule has 2 atom stereocenters. The first-order valence-corrected chi connectivity index (χ1v) is 7.02. The maximum absolute atomic E-state index is 10.2. The fourth-order valence-electron chi connectivity index (χ4n) is 2.65. The molecular formula is C15H20O4. The Morgan fingerprint density at radius 1 is 1.16 bits per heavy atom. The number of hydrogen-bond acceptors (Lipinski definition) is 4. The van der Waals surface area contributed by atoms with Crippen LogP contribution in [0.25, 0.3) is 0 Å². The zero-order chi connectivity index (χ0) is 13.1. The van der Waals surface area contributed by atoms with Crippen molar-refractivity contribution in [2.75, 3.05) is 19.8 Å². The molecule has 0 radical (unpaired) electrons. The molecule has 0 aromatic heterocycles. The Morgan fingerprint density at radius 3 is 2.79 bits per heavy atom. The van der Waals surface area contributed by atoms with Gasteiger partial charge in [0.05, 0.1) is 12.2 Å². The van der Waals surface area contributed by atoms with Crippen LogP contribution in [-0.4, -0.2) is 31.0 Å². The van der Waals surface area contributed by atoms with Crippen molar-refractivity contribution in [3.63, 3.8) is 0 Å². The van der Waals surface area contributed by atoms with Gasteiger partial charge in [0.2, 0.25) is 0 Å². The molecule has 19 heavy (non-hydrogen) atoms. The predicted molar refractivity (Wildman–Crippen MR) is 70.6 cm³/mol. The quantitative estimate of drug-likeness (QED) is 0.907. The minimum Gasteiger partial charge on any atom is -0.486 e. The van der Waals surface area contributed by atoms with Gasteiger partial charge in [0.1, 0.15) is 13.2 Å². The SMILES string of the molecule is OC(CCC1CCCO1)c1ccc2c(c1)OCCO2. The van der Waals surface area contributed by atoms with Crippen LogP contribution >= 0.6 is 0 Å². The Balaban J connectivity index is 1.60. The van der Waals surface area contributed by atoms with E-state index in [0.717, 1.165) is 49.4 Å². The highest BCUT2D eigenvalue weighted by Crippen LogP contribution is 2.34. The van der Waals surface area contributed by atoms with Gasteiger partial charge in [-0.05, 0) is 43.4 Å². The maximum atomic E-state index is 10.2. The van der Waals surface area contributed by atoms with E-state index in [1.807, 2.05) is 18.2 Å². The number of rotatable bonds is 4. The summed E-state index contributed by atoms with van der Waals surface area (Å²) in [6.07, 6.45) is 3.77. The Bertz CT molecular complexity index is 426. The second kappa shape index (κ2) is 5.80. The summed E-state index contributed by atoms with van der Waals surface area (Å²) < 4.78 is 16.6. The van der Waals surface area contributed by atoms with Gasteiger partial charge in [-0.3, -0.25) is 0 Å². The average molecular weight is 264 g/mol. The van der Waals surface area contributed by atoms with Crippen LogP contribution in [0, 0.1) is 0 Å². The minimum absolute atomic E-state index is 0.326. The van der Waals surface area contributed by atoms with E-state index in [-0.39, 0.29) is 0 Å².